The maximum Gasteiger partial charge on any atom is 0.328 e. The largest absolute Gasteiger partial charge is 0.328 e. The second-order valence-electron chi connectivity index (χ2n) is 4.23. The van der Waals surface area contributed by atoms with Gasteiger partial charge in [0.2, 0.25) is 11.8 Å². The Bertz CT molecular complexity index is 330. The van der Waals surface area contributed by atoms with Crippen LogP contribution in [0.2, 0.25) is 0 Å². The zero-order valence-electron chi connectivity index (χ0n) is 8.14. The number of barbiturate groups is 1. The van der Waals surface area contributed by atoms with Gasteiger partial charge in [0.15, 0.2) is 0 Å². The Morgan fingerprint density at radius 3 is 2.07 bits per heavy atom. The molecule has 0 aromatic rings. The Morgan fingerprint density at radius 1 is 1.21 bits per heavy atom. The maximum absolute atomic E-state index is 11.6. The normalized spacial score (nSPS) is 34.0. The molecule has 0 aromatic heterocycles. The molecule has 1 saturated heterocycles. The Hall–Kier alpha value is -1.39. The van der Waals surface area contributed by atoms with Crippen LogP contribution in [0.4, 0.5) is 4.79 Å². The summed E-state index contributed by atoms with van der Waals surface area (Å²) in [4.78, 5) is 34.0. The van der Waals surface area contributed by atoms with Crippen molar-refractivity contribution in [1.29, 1.82) is 0 Å². The molecule has 0 bridgehead atoms. The fourth-order valence-electron chi connectivity index (χ4n) is 2.23. The molecule has 5 heteroatoms. The Labute approximate surface area is 81.2 Å². The van der Waals surface area contributed by atoms with E-state index in [2.05, 4.69) is 10.6 Å². The highest BCUT2D eigenvalue weighted by Gasteiger charge is 2.74. The summed E-state index contributed by atoms with van der Waals surface area (Å²) in [5, 5.41) is 4.28. The average Bonchev–Trinajstić information content (AvgIpc) is 2.72. The summed E-state index contributed by atoms with van der Waals surface area (Å²) in [6.07, 6.45) is 1.28. The van der Waals surface area contributed by atoms with Gasteiger partial charge in [-0.05, 0) is 18.3 Å². The molecule has 0 unspecified atom stereocenters. The zero-order valence-corrected chi connectivity index (χ0v) is 8.14. The first-order valence-corrected chi connectivity index (χ1v) is 4.63. The predicted molar refractivity (Wildman–Crippen MR) is 47.1 cm³/mol. The smallest absolute Gasteiger partial charge is 0.277 e. The van der Waals surface area contributed by atoms with E-state index in [1.807, 2.05) is 13.8 Å². The van der Waals surface area contributed by atoms with Crippen molar-refractivity contribution >= 4 is 17.8 Å². The molecule has 1 atom stereocenters. The third-order valence-electron chi connectivity index (χ3n) is 3.57. The van der Waals surface area contributed by atoms with Gasteiger partial charge >= 0.3 is 6.03 Å². The minimum absolute atomic E-state index is 0.290. The van der Waals surface area contributed by atoms with Crippen LogP contribution < -0.4 is 10.6 Å². The van der Waals surface area contributed by atoms with Gasteiger partial charge in [0.1, 0.15) is 5.41 Å². The van der Waals surface area contributed by atoms with E-state index >= 15 is 0 Å². The van der Waals surface area contributed by atoms with Crippen molar-refractivity contribution in [3.05, 3.63) is 0 Å². The first kappa shape index (κ1) is 9.18. The topological polar surface area (TPSA) is 75.3 Å². The number of hydrogen-bond donors (Lipinski definition) is 2. The van der Waals surface area contributed by atoms with Crippen LogP contribution in [0.1, 0.15) is 26.7 Å². The molecule has 2 rings (SSSR count). The number of nitrogens with one attached hydrogen (secondary N) is 2. The van der Waals surface area contributed by atoms with Crippen LogP contribution in [0.25, 0.3) is 0 Å². The number of hydrogen-bond acceptors (Lipinski definition) is 3. The van der Waals surface area contributed by atoms with Crippen LogP contribution in [0.3, 0.4) is 0 Å². The van der Waals surface area contributed by atoms with E-state index in [4.69, 9.17) is 0 Å². The lowest BCUT2D eigenvalue weighted by Gasteiger charge is -2.24. The second-order valence-corrected chi connectivity index (χ2v) is 4.23. The zero-order chi connectivity index (χ0) is 10.6. The third-order valence-corrected chi connectivity index (χ3v) is 3.57. The predicted octanol–water partition coefficient (Wildman–Crippen LogP) is 0.159. The molecular formula is C9H12N2O3. The molecule has 5 nitrogen and oxygen atoms in total. The Morgan fingerprint density at radius 2 is 1.71 bits per heavy atom. The summed E-state index contributed by atoms with van der Waals surface area (Å²) in [5.41, 5.74) is -1.28. The van der Waals surface area contributed by atoms with Crippen LogP contribution in [-0.2, 0) is 9.59 Å². The number of imide groups is 2. The van der Waals surface area contributed by atoms with Crippen molar-refractivity contribution in [2.45, 2.75) is 26.7 Å². The lowest BCUT2D eigenvalue weighted by Crippen LogP contribution is -2.58. The molecule has 14 heavy (non-hydrogen) atoms. The molecule has 2 N–H and O–H groups in total. The quantitative estimate of drug-likeness (QED) is 0.586. The van der Waals surface area contributed by atoms with Gasteiger partial charge in [-0.1, -0.05) is 13.8 Å². The number of rotatable bonds is 1. The van der Waals surface area contributed by atoms with Crippen molar-refractivity contribution in [1.82, 2.24) is 10.6 Å². The van der Waals surface area contributed by atoms with Crippen LogP contribution in [0, 0.1) is 10.8 Å². The molecule has 1 aliphatic carbocycles. The molecule has 76 valence electrons. The molecule has 1 saturated carbocycles. The fraction of sp³-hybridized carbons (Fsp3) is 0.667. The Balaban J connectivity index is 2.34. The van der Waals surface area contributed by atoms with Crippen LogP contribution in [0.15, 0.2) is 0 Å². The van der Waals surface area contributed by atoms with E-state index in [9.17, 15) is 14.4 Å². The summed E-state index contributed by atoms with van der Waals surface area (Å²) >= 11 is 0. The maximum atomic E-state index is 11.6. The molecule has 1 heterocycles. The lowest BCUT2D eigenvalue weighted by molar-refractivity contribution is -0.139. The third kappa shape index (κ3) is 0.818. The summed E-state index contributed by atoms with van der Waals surface area (Å²) in [7, 11) is 0. The molecule has 1 aliphatic heterocycles. The number of urea groups is 1. The highest BCUT2D eigenvalue weighted by molar-refractivity contribution is 6.21. The van der Waals surface area contributed by atoms with Gasteiger partial charge in [0.05, 0.1) is 0 Å². The van der Waals surface area contributed by atoms with Crippen molar-refractivity contribution in [2.24, 2.45) is 10.8 Å². The molecule has 4 amide bonds. The first-order valence-electron chi connectivity index (χ1n) is 4.63. The molecule has 0 radical (unpaired) electrons. The highest BCUT2D eigenvalue weighted by atomic mass is 16.2. The van der Waals surface area contributed by atoms with E-state index < -0.39 is 23.3 Å². The number of carbonyl (C=O) groups is 3. The SMILES string of the molecule is CC[C@]1(C)CC12C(=O)NC(=O)NC2=O. The molecule has 1 spiro atoms. The lowest BCUT2D eigenvalue weighted by atomic mass is 9.89. The van der Waals surface area contributed by atoms with Crippen molar-refractivity contribution in [3.63, 3.8) is 0 Å². The number of carbonyl (C=O) groups excluding carboxylic acids is 3. The van der Waals surface area contributed by atoms with E-state index in [0.29, 0.717) is 6.42 Å². The first-order chi connectivity index (χ1) is 6.46. The highest BCUT2D eigenvalue weighted by Crippen LogP contribution is 2.66. The summed E-state index contributed by atoms with van der Waals surface area (Å²) in [6.45, 7) is 3.83. The van der Waals surface area contributed by atoms with Crippen LogP contribution in [-0.4, -0.2) is 17.8 Å². The van der Waals surface area contributed by atoms with Gasteiger partial charge in [-0.15, -0.1) is 0 Å². The summed E-state index contributed by atoms with van der Waals surface area (Å²) in [5.74, 6) is -0.897. The number of amides is 4. The minimum Gasteiger partial charge on any atom is -0.277 e. The van der Waals surface area contributed by atoms with Crippen LogP contribution in [0.5, 0.6) is 0 Å². The second kappa shape index (κ2) is 2.34. The summed E-state index contributed by atoms with van der Waals surface area (Å²) in [6, 6.07) is -0.712. The standard InChI is InChI=1S/C9H12N2O3/c1-3-8(2)4-9(8)5(12)10-7(14)11-6(9)13/h3-4H2,1-2H3,(H2,10,11,12,13,14)/t8-/m1/s1. The fourth-order valence-corrected chi connectivity index (χ4v) is 2.23. The van der Waals surface area contributed by atoms with Gasteiger partial charge in [-0.25, -0.2) is 4.79 Å². The van der Waals surface area contributed by atoms with Gasteiger partial charge in [0, 0.05) is 0 Å². The molecular weight excluding hydrogens is 184 g/mol. The van der Waals surface area contributed by atoms with Gasteiger partial charge in [0.25, 0.3) is 0 Å². The monoisotopic (exact) mass is 196 g/mol. The molecule has 0 aromatic carbocycles. The van der Waals surface area contributed by atoms with E-state index in [1.54, 1.807) is 0 Å². The minimum atomic E-state index is -0.990. The van der Waals surface area contributed by atoms with Gasteiger partial charge in [-0.3, -0.25) is 20.2 Å². The summed E-state index contributed by atoms with van der Waals surface area (Å²) < 4.78 is 0. The Kier molecular flexibility index (Phi) is 1.54. The van der Waals surface area contributed by atoms with E-state index in [1.165, 1.54) is 0 Å². The van der Waals surface area contributed by atoms with Gasteiger partial charge < -0.3 is 0 Å². The van der Waals surface area contributed by atoms with Gasteiger partial charge in [-0.2, -0.15) is 0 Å². The van der Waals surface area contributed by atoms with Crippen molar-refractivity contribution < 1.29 is 14.4 Å². The van der Waals surface area contributed by atoms with Crippen LogP contribution >= 0.6 is 0 Å². The van der Waals surface area contributed by atoms with E-state index in [0.717, 1.165) is 6.42 Å². The van der Waals surface area contributed by atoms with Crippen molar-refractivity contribution in [3.8, 4) is 0 Å². The molecule has 2 aliphatic rings. The van der Waals surface area contributed by atoms with E-state index in [-0.39, 0.29) is 5.41 Å². The average molecular weight is 196 g/mol. The van der Waals surface area contributed by atoms with Crippen molar-refractivity contribution in [2.75, 3.05) is 0 Å². The molecule has 2 fully saturated rings.